The molecule has 2 aromatic rings. The molecule has 0 radical (unpaired) electrons. The number of aromatic nitrogens is 1. The molecule has 0 spiro atoms. The summed E-state index contributed by atoms with van der Waals surface area (Å²) in [5.74, 6) is -0.00367. The third kappa shape index (κ3) is 3.25. The van der Waals surface area contributed by atoms with Crippen molar-refractivity contribution in [2.24, 2.45) is 0 Å². The SMILES string of the molecule is CN(C)c1nc2sc(C(=O)NCC3=CCNCC3)cc2s1. The zero-order chi connectivity index (χ0) is 14.8. The first kappa shape index (κ1) is 14.5. The Morgan fingerprint density at radius 1 is 1.48 bits per heavy atom. The average molecular weight is 322 g/mol. The van der Waals surface area contributed by atoms with Gasteiger partial charge in [-0.15, -0.1) is 11.3 Å². The second-order valence-corrected chi connectivity index (χ2v) is 7.21. The molecule has 0 fully saturated rings. The van der Waals surface area contributed by atoms with E-state index < -0.39 is 0 Å². The molecule has 0 atom stereocenters. The van der Waals surface area contributed by atoms with Gasteiger partial charge in [-0.1, -0.05) is 23.0 Å². The lowest BCUT2D eigenvalue weighted by atomic mass is 10.1. The van der Waals surface area contributed by atoms with E-state index in [0.717, 1.165) is 39.0 Å². The lowest BCUT2D eigenvalue weighted by Gasteiger charge is -2.14. The number of amides is 1. The van der Waals surface area contributed by atoms with E-state index in [1.165, 1.54) is 16.9 Å². The minimum Gasteiger partial charge on any atom is -0.354 e. The highest BCUT2D eigenvalue weighted by molar-refractivity contribution is 7.29. The zero-order valence-electron chi connectivity index (χ0n) is 12.1. The molecule has 0 saturated carbocycles. The van der Waals surface area contributed by atoms with Gasteiger partial charge in [-0.05, 0) is 19.0 Å². The highest BCUT2D eigenvalue weighted by Crippen LogP contribution is 2.33. The molecule has 0 aliphatic carbocycles. The number of nitrogens with one attached hydrogen (secondary N) is 2. The molecule has 1 amide bonds. The van der Waals surface area contributed by atoms with Crippen LogP contribution in [0.4, 0.5) is 5.13 Å². The maximum absolute atomic E-state index is 12.2. The van der Waals surface area contributed by atoms with Gasteiger partial charge in [-0.3, -0.25) is 4.79 Å². The van der Waals surface area contributed by atoms with Crippen molar-refractivity contribution < 1.29 is 4.79 Å². The van der Waals surface area contributed by atoms with Crippen molar-refractivity contribution in [3.8, 4) is 0 Å². The van der Waals surface area contributed by atoms with Gasteiger partial charge in [-0.25, -0.2) is 4.98 Å². The Bertz CT molecular complexity index is 655. The molecule has 112 valence electrons. The predicted octanol–water partition coefficient (Wildman–Crippen LogP) is 2.07. The first-order valence-electron chi connectivity index (χ1n) is 6.88. The number of hydrogen-bond acceptors (Lipinski definition) is 6. The number of anilines is 1. The highest BCUT2D eigenvalue weighted by atomic mass is 32.1. The van der Waals surface area contributed by atoms with E-state index in [1.807, 2.05) is 25.1 Å². The Morgan fingerprint density at radius 2 is 2.33 bits per heavy atom. The minimum absolute atomic E-state index is 0.00367. The fourth-order valence-corrected chi connectivity index (χ4v) is 4.19. The van der Waals surface area contributed by atoms with E-state index in [0.29, 0.717) is 6.54 Å². The molecule has 7 heteroatoms. The second kappa shape index (κ2) is 6.13. The van der Waals surface area contributed by atoms with E-state index in [2.05, 4.69) is 21.7 Å². The summed E-state index contributed by atoms with van der Waals surface area (Å²) in [6.45, 7) is 2.53. The Labute approximate surface area is 131 Å². The summed E-state index contributed by atoms with van der Waals surface area (Å²) in [6, 6.07) is 1.94. The summed E-state index contributed by atoms with van der Waals surface area (Å²) in [5.41, 5.74) is 1.30. The van der Waals surface area contributed by atoms with Crippen molar-refractivity contribution in [2.45, 2.75) is 6.42 Å². The highest BCUT2D eigenvalue weighted by Gasteiger charge is 2.15. The van der Waals surface area contributed by atoms with Crippen LogP contribution in [0.15, 0.2) is 17.7 Å². The smallest absolute Gasteiger partial charge is 0.261 e. The molecule has 3 heterocycles. The second-order valence-electron chi connectivity index (χ2n) is 5.17. The van der Waals surface area contributed by atoms with Gasteiger partial charge in [0.15, 0.2) is 5.13 Å². The Kier molecular flexibility index (Phi) is 4.23. The van der Waals surface area contributed by atoms with E-state index >= 15 is 0 Å². The summed E-state index contributed by atoms with van der Waals surface area (Å²) in [4.78, 5) is 20.4. The molecule has 0 saturated heterocycles. The number of carbonyl (C=O) groups is 1. The Hall–Kier alpha value is -1.44. The van der Waals surface area contributed by atoms with Gasteiger partial charge in [0.05, 0.1) is 9.58 Å². The van der Waals surface area contributed by atoms with E-state index in [-0.39, 0.29) is 5.91 Å². The van der Waals surface area contributed by atoms with Gasteiger partial charge in [0, 0.05) is 27.2 Å². The van der Waals surface area contributed by atoms with Crippen LogP contribution in [0.25, 0.3) is 9.53 Å². The lowest BCUT2D eigenvalue weighted by Crippen LogP contribution is -2.29. The van der Waals surface area contributed by atoms with Gasteiger partial charge in [0.1, 0.15) is 4.83 Å². The fraction of sp³-hybridized carbons (Fsp3) is 0.429. The maximum atomic E-state index is 12.2. The van der Waals surface area contributed by atoms with Crippen molar-refractivity contribution >= 4 is 43.2 Å². The predicted molar refractivity (Wildman–Crippen MR) is 89.7 cm³/mol. The summed E-state index contributed by atoms with van der Waals surface area (Å²) in [5, 5.41) is 7.24. The molecule has 0 aromatic carbocycles. The topological polar surface area (TPSA) is 57.3 Å². The third-order valence-electron chi connectivity index (χ3n) is 3.32. The van der Waals surface area contributed by atoms with Gasteiger partial charge in [-0.2, -0.15) is 0 Å². The summed E-state index contributed by atoms with van der Waals surface area (Å²) < 4.78 is 1.08. The van der Waals surface area contributed by atoms with Crippen LogP contribution >= 0.6 is 22.7 Å². The number of nitrogens with zero attached hydrogens (tertiary/aromatic N) is 2. The number of carbonyl (C=O) groups excluding carboxylic acids is 1. The number of hydrogen-bond donors (Lipinski definition) is 2. The largest absolute Gasteiger partial charge is 0.354 e. The monoisotopic (exact) mass is 322 g/mol. The first-order chi connectivity index (χ1) is 10.1. The van der Waals surface area contributed by atoms with Crippen LogP contribution in [-0.4, -0.2) is 44.6 Å². The van der Waals surface area contributed by atoms with E-state index in [4.69, 9.17) is 0 Å². The molecular weight excluding hydrogens is 304 g/mol. The van der Waals surface area contributed by atoms with Gasteiger partial charge < -0.3 is 15.5 Å². The third-order valence-corrected chi connectivity index (χ3v) is 5.65. The molecular formula is C14H18N4OS2. The molecule has 3 rings (SSSR count). The number of thiazole rings is 1. The van der Waals surface area contributed by atoms with Crippen molar-refractivity contribution in [3.63, 3.8) is 0 Å². The fourth-order valence-electron chi connectivity index (χ4n) is 2.14. The van der Waals surface area contributed by atoms with Crippen LogP contribution in [0.1, 0.15) is 16.1 Å². The number of fused-ring (bicyclic) bond motifs is 1. The Morgan fingerprint density at radius 3 is 3.00 bits per heavy atom. The van der Waals surface area contributed by atoms with Crippen LogP contribution in [0.2, 0.25) is 0 Å². The molecule has 2 aromatic heterocycles. The lowest BCUT2D eigenvalue weighted by molar-refractivity contribution is 0.0960. The van der Waals surface area contributed by atoms with Crippen LogP contribution in [-0.2, 0) is 0 Å². The van der Waals surface area contributed by atoms with E-state index in [9.17, 15) is 4.79 Å². The zero-order valence-corrected chi connectivity index (χ0v) is 13.7. The van der Waals surface area contributed by atoms with Gasteiger partial charge in [0.2, 0.25) is 0 Å². The van der Waals surface area contributed by atoms with Crippen molar-refractivity contribution in [3.05, 3.63) is 22.6 Å². The van der Waals surface area contributed by atoms with Gasteiger partial charge >= 0.3 is 0 Å². The van der Waals surface area contributed by atoms with Crippen molar-refractivity contribution in [2.75, 3.05) is 38.6 Å². The normalized spacial score (nSPS) is 15.0. The number of thiophene rings is 1. The van der Waals surface area contributed by atoms with Crippen molar-refractivity contribution in [1.29, 1.82) is 0 Å². The van der Waals surface area contributed by atoms with Gasteiger partial charge in [0.25, 0.3) is 5.91 Å². The molecule has 1 aliphatic heterocycles. The van der Waals surface area contributed by atoms with Crippen LogP contribution in [0.3, 0.4) is 0 Å². The molecule has 1 aliphatic rings. The van der Waals surface area contributed by atoms with Crippen LogP contribution in [0, 0.1) is 0 Å². The summed E-state index contributed by atoms with van der Waals surface area (Å²) >= 11 is 3.07. The molecule has 21 heavy (non-hydrogen) atoms. The molecule has 0 unspecified atom stereocenters. The average Bonchev–Trinajstić information content (AvgIpc) is 3.04. The molecule has 2 N–H and O–H groups in total. The van der Waals surface area contributed by atoms with Crippen LogP contribution in [0.5, 0.6) is 0 Å². The maximum Gasteiger partial charge on any atom is 0.261 e. The quantitative estimate of drug-likeness (QED) is 0.846. The summed E-state index contributed by atoms with van der Waals surface area (Å²) in [7, 11) is 3.95. The standard InChI is InChI=1S/C14H18N4OS2/c1-18(2)14-17-13-11(21-14)7-10(20-13)12(19)16-8-9-3-5-15-6-4-9/h3,7,15H,4-6,8H2,1-2H3,(H,16,19). The molecule has 5 nitrogen and oxygen atoms in total. The molecule has 0 bridgehead atoms. The first-order valence-corrected chi connectivity index (χ1v) is 8.51. The number of rotatable bonds is 4. The minimum atomic E-state index is -0.00367. The summed E-state index contributed by atoms with van der Waals surface area (Å²) in [6.07, 6.45) is 3.16. The van der Waals surface area contributed by atoms with Crippen LogP contribution < -0.4 is 15.5 Å². The van der Waals surface area contributed by atoms with Crippen molar-refractivity contribution in [1.82, 2.24) is 15.6 Å². The van der Waals surface area contributed by atoms with E-state index in [1.54, 1.807) is 11.3 Å². The Balaban J connectivity index is 1.66.